The minimum Gasteiger partial charge on any atom is -0.380 e. The Hall–Kier alpha value is -1.20. The number of aryl methyl sites for hydroxylation is 1. The Morgan fingerprint density at radius 3 is 2.72 bits per heavy atom. The molecule has 18 heavy (non-hydrogen) atoms. The van der Waals surface area contributed by atoms with E-state index in [0.29, 0.717) is 5.69 Å². The van der Waals surface area contributed by atoms with Crippen molar-refractivity contribution in [2.45, 2.75) is 32.9 Å². The Morgan fingerprint density at radius 2 is 2.11 bits per heavy atom. The van der Waals surface area contributed by atoms with Gasteiger partial charge < -0.3 is 5.11 Å². The van der Waals surface area contributed by atoms with E-state index in [4.69, 9.17) is 0 Å². The first kappa shape index (κ1) is 13.2. The Labute approximate surface area is 115 Å². The molecule has 0 amide bonds. The van der Waals surface area contributed by atoms with Gasteiger partial charge in [-0.25, -0.2) is 0 Å². The Kier molecular flexibility index (Phi) is 3.82. The zero-order valence-electron chi connectivity index (χ0n) is 10.6. The van der Waals surface area contributed by atoms with Gasteiger partial charge >= 0.3 is 0 Å². The van der Waals surface area contributed by atoms with Crippen molar-refractivity contribution in [1.82, 2.24) is 14.8 Å². The van der Waals surface area contributed by atoms with Gasteiger partial charge in [-0.05, 0) is 54.4 Å². The first-order chi connectivity index (χ1) is 8.50. The van der Waals surface area contributed by atoms with E-state index >= 15 is 0 Å². The van der Waals surface area contributed by atoms with Crippen LogP contribution >= 0.6 is 15.9 Å². The SMILES string of the molecule is Cc1ccnc(C(O)c2c(Br)cnn2C(C)C)c1. The second-order valence-corrected chi connectivity index (χ2v) is 5.43. The number of hydrogen-bond donors (Lipinski definition) is 1. The molecule has 0 saturated heterocycles. The average molecular weight is 310 g/mol. The second-order valence-electron chi connectivity index (χ2n) is 4.58. The predicted octanol–water partition coefficient (Wildman–Crippen LogP) is 3.01. The summed E-state index contributed by atoms with van der Waals surface area (Å²) in [5.41, 5.74) is 2.45. The molecule has 4 nitrogen and oxygen atoms in total. The Balaban J connectivity index is 2.45. The van der Waals surface area contributed by atoms with Gasteiger partial charge in [0.15, 0.2) is 0 Å². The molecule has 0 spiro atoms. The molecule has 1 atom stereocenters. The van der Waals surface area contributed by atoms with Crippen molar-refractivity contribution in [3.63, 3.8) is 0 Å². The quantitative estimate of drug-likeness (QED) is 0.948. The number of halogens is 1. The molecule has 0 fully saturated rings. The molecular weight excluding hydrogens is 294 g/mol. The maximum Gasteiger partial charge on any atom is 0.139 e. The van der Waals surface area contributed by atoms with Crippen LogP contribution in [0.15, 0.2) is 29.0 Å². The van der Waals surface area contributed by atoms with Gasteiger partial charge in [-0.15, -0.1) is 0 Å². The summed E-state index contributed by atoms with van der Waals surface area (Å²) in [6, 6.07) is 3.98. The van der Waals surface area contributed by atoms with E-state index in [1.165, 1.54) is 0 Å². The van der Waals surface area contributed by atoms with Gasteiger partial charge in [-0.2, -0.15) is 5.10 Å². The van der Waals surface area contributed by atoms with Gasteiger partial charge in [-0.3, -0.25) is 9.67 Å². The Bertz CT molecular complexity index is 551. The molecule has 0 aromatic carbocycles. The molecule has 2 aromatic rings. The summed E-state index contributed by atoms with van der Waals surface area (Å²) in [6.07, 6.45) is 2.64. The lowest BCUT2D eigenvalue weighted by Gasteiger charge is -2.16. The predicted molar refractivity (Wildman–Crippen MR) is 73.3 cm³/mol. The highest BCUT2D eigenvalue weighted by Crippen LogP contribution is 2.29. The molecule has 0 saturated carbocycles. The zero-order valence-corrected chi connectivity index (χ0v) is 12.2. The highest BCUT2D eigenvalue weighted by molar-refractivity contribution is 9.10. The van der Waals surface area contributed by atoms with Crippen molar-refractivity contribution < 1.29 is 5.11 Å². The lowest BCUT2D eigenvalue weighted by Crippen LogP contribution is -2.13. The number of aliphatic hydroxyl groups is 1. The van der Waals surface area contributed by atoms with Crippen LogP contribution in [0.1, 0.15) is 42.9 Å². The normalized spacial score (nSPS) is 13.0. The lowest BCUT2D eigenvalue weighted by atomic mass is 10.1. The zero-order chi connectivity index (χ0) is 13.3. The maximum atomic E-state index is 10.5. The summed E-state index contributed by atoms with van der Waals surface area (Å²) < 4.78 is 2.60. The number of aromatic nitrogens is 3. The van der Waals surface area contributed by atoms with Crippen molar-refractivity contribution >= 4 is 15.9 Å². The van der Waals surface area contributed by atoms with E-state index in [-0.39, 0.29) is 6.04 Å². The standard InChI is InChI=1S/C13H16BrN3O/c1-8(2)17-12(10(14)7-16-17)13(18)11-6-9(3)4-5-15-11/h4-8,13,18H,1-3H3. The lowest BCUT2D eigenvalue weighted by molar-refractivity contribution is 0.199. The van der Waals surface area contributed by atoms with Gasteiger partial charge in [0.1, 0.15) is 6.10 Å². The maximum absolute atomic E-state index is 10.5. The van der Waals surface area contributed by atoms with E-state index in [9.17, 15) is 5.11 Å². The fraction of sp³-hybridized carbons (Fsp3) is 0.385. The third-order valence-electron chi connectivity index (χ3n) is 2.75. The molecule has 2 heterocycles. The molecule has 1 unspecified atom stereocenters. The molecule has 0 aliphatic rings. The largest absolute Gasteiger partial charge is 0.380 e. The topological polar surface area (TPSA) is 50.9 Å². The number of aliphatic hydroxyl groups excluding tert-OH is 1. The van der Waals surface area contributed by atoms with Crippen LogP contribution in [0.4, 0.5) is 0 Å². The Morgan fingerprint density at radius 1 is 1.39 bits per heavy atom. The number of nitrogens with zero attached hydrogens (tertiary/aromatic N) is 3. The highest BCUT2D eigenvalue weighted by atomic mass is 79.9. The van der Waals surface area contributed by atoms with E-state index in [1.807, 2.05) is 32.9 Å². The minimum atomic E-state index is -0.774. The van der Waals surface area contributed by atoms with Crippen LogP contribution in [0.25, 0.3) is 0 Å². The summed E-state index contributed by atoms with van der Waals surface area (Å²) >= 11 is 3.43. The van der Waals surface area contributed by atoms with Crippen molar-refractivity contribution in [3.8, 4) is 0 Å². The second kappa shape index (κ2) is 5.20. The van der Waals surface area contributed by atoms with Gasteiger partial charge in [0.2, 0.25) is 0 Å². The molecule has 0 aliphatic carbocycles. The fourth-order valence-electron chi connectivity index (χ4n) is 1.87. The summed E-state index contributed by atoms with van der Waals surface area (Å²) in [5.74, 6) is 0. The third-order valence-corrected chi connectivity index (χ3v) is 3.36. The molecule has 0 bridgehead atoms. The molecule has 5 heteroatoms. The summed E-state index contributed by atoms with van der Waals surface area (Å²) in [7, 11) is 0. The molecule has 0 radical (unpaired) electrons. The summed E-state index contributed by atoms with van der Waals surface area (Å²) in [4.78, 5) is 4.23. The van der Waals surface area contributed by atoms with Crippen LogP contribution in [0.5, 0.6) is 0 Å². The smallest absolute Gasteiger partial charge is 0.139 e. The molecule has 96 valence electrons. The van der Waals surface area contributed by atoms with Crippen molar-refractivity contribution in [1.29, 1.82) is 0 Å². The van der Waals surface area contributed by atoms with E-state index in [0.717, 1.165) is 15.7 Å². The fourth-order valence-corrected chi connectivity index (χ4v) is 2.36. The van der Waals surface area contributed by atoms with E-state index in [2.05, 4.69) is 26.0 Å². The monoisotopic (exact) mass is 309 g/mol. The van der Waals surface area contributed by atoms with Crippen molar-refractivity contribution in [3.05, 3.63) is 46.0 Å². The van der Waals surface area contributed by atoms with E-state index in [1.54, 1.807) is 17.1 Å². The molecule has 2 rings (SSSR count). The number of rotatable bonds is 3. The van der Waals surface area contributed by atoms with Gasteiger partial charge in [0.25, 0.3) is 0 Å². The first-order valence-electron chi connectivity index (χ1n) is 5.84. The number of hydrogen-bond acceptors (Lipinski definition) is 3. The van der Waals surface area contributed by atoms with Gasteiger partial charge in [-0.1, -0.05) is 0 Å². The number of pyridine rings is 1. The summed E-state index contributed by atoms with van der Waals surface area (Å²) in [6.45, 7) is 6.03. The highest BCUT2D eigenvalue weighted by Gasteiger charge is 2.21. The van der Waals surface area contributed by atoms with E-state index < -0.39 is 6.10 Å². The van der Waals surface area contributed by atoms with Crippen LogP contribution in [0.2, 0.25) is 0 Å². The first-order valence-corrected chi connectivity index (χ1v) is 6.63. The summed E-state index contributed by atoms with van der Waals surface area (Å²) in [5, 5.41) is 14.7. The van der Waals surface area contributed by atoms with Gasteiger partial charge in [0, 0.05) is 12.2 Å². The molecular formula is C13H16BrN3O. The van der Waals surface area contributed by atoms with Gasteiger partial charge in [0.05, 0.1) is 22.1 Å². The van der Waals surface area contributed by atoms with Crippen LogP contribution in [-0.2, 0) is 0 Å². The molecule has 1 N–H and O–H groups in total. The van der Waals surface area contributed by atoms with Crippen LogP contribution in [0, 0.1) is 6.92 Å². The van der Waals surface area contributed by atoms with Crippen molar-refractivity contribution in [2.75, 3.05) is 0 Å². The van der Waals surface area contributed by atoms with Crippen LogP contribution < -0.4 is 0 Å². The average Bonchev–Trinajstić information content (AvgIpc) is 2.70. The van der Waals surface area contributed by atoms with Crippen molar-refractivity contribution in [2.24, 2.45) is 0 Å². The van der Waals surface area contributed by atoms with Crippen LogP contribution in [-0.4, -0.2) is 19.9 Å². The minimum absolute atomic E-state index is 0.186. The molecule has 0 aliphatic heterocycles. The third kappa shape index (κ3) is 2.47. The van der Waals surface area contributed by atoms with Crippen LogP contribution in [0.3, 0.4) is 0 Å². The molecule has 2 aromatic heterocycles.